The Morgan fingerprint density at radius 3 is 1.25 bits per heavy atom. The SMILES string of the molecule is CC/C=C\C/C=C\C/C=C\C/C=C\C/C=C\CCCCCCCCCCCCCCCC(=O)NC(CO)C(O)/C=C/CC/C=C/CCCCCCCCCCC. The fourth-order valence-electron chi connectivity index (χ4n) is 6.75. The molecule has 0 aliphatic rings. The van der Waals surface area contributed by atoms with Gasteiger partial charge in [-0.15, -0.1) is 0 Å². The van der Waals surface area contributed by atoms with Crippen LogP contribution in [0, 0.1) is 0 Å². The Kier molecular flexibility index (Phi) is 44.9. The van der Waals surface area contributed by atoms with Crippen LogP contribution >= 0.6 is 0 Å². The van der Waals surface area contributed by atoms with E-state index in [9.17, 15) is 15.0 Å². The van der Waals surface area contributed by atoms with Gasteiger partial charge in [-0.1, -0.05) is 221 Å². The Morgan fingerprint density at radius 1 is 0.446 bits per heavy atom. The van der Waals surface area contributed by atoms with Crippen LogP contribution in [0.25, 0.3) is 0 Å². The number of carbonyl (C=O) groups is 1. The first kappa shape index (κ1) is 53.6. The molecule has 0 aliphatic heterocycles. The van der Waals surface area contributed by atoms with E-state index < -0.39 is 12.1 Å². The van der Waals surface area contributed by atoms with Gasteiger partial charge in [-0.2, -0.15) is 0 Å². The molecule has 0 bridgehead atoms. The summed E-state index contributed by atoms with van der Waals surface area (Å²) in [4.78, 5) is 12.4. The Labute approximate surface area is 348 Å². The van der Waals surface area contributed by atoms with Gasteiger partial charge in [-0.25, -0.2) is 0 Å². The highest BCUT2D eigenvalue weighted by atomic mass is 16.3. The average Bonchev–Trinajstić information content (AvgIpc) is 3.20. The normalized spacial score (nSPS) is 13.7. The summed E-state index contributed by atoms with van der Waals surface area (Å²) in [6.45, 7) is 4.17. The lowest BCUT2D eigenvalue weighted by Gasteiger charge is -2.19. The second-order valence-electron chi connectivity index (χ2n) is 15.8. The number of hydrogen-bond donors (Lipinski definition) is 3. The molecule has 4 heteroatoms. The number of carbonyl (C=O) groups excluding carboxylic acids is 1. The fraction of sp³-hybridized carbons (Fsp3) is 0.712. The zero-order chi connectivity index (χ0) is 40.7. The van der Waals surface area contributed by atoms with Gasteiger partial charge in [0.1, 0.15) is 0 Å². The summed E-state index contributed by atoms with van der Waals surface area (Å²) < 4.78 is 0. The third kappa shape index (κ3) is 42.7. The molecule has 0 saturated heterocycles. The Balaban J connectivity index is 3.58. The zero-order valence-electron chi connectivity index (χ0n) is 36.9. The van der Waals surface area contributed by atoms with Crippen LogP contribution in [0.1, 0.15) is 219 Å². The molecule has 0 aliphatic carbocycles. The summed E-state index contributed by atoms with van der Waals surface area (Å²) >= 11 is 0. The van der Waals surface area contributed by atoms with E-state index in [4.69, 9.17) is 0 Å². The number of aliphatic hydroxyl groups is 2. The highest BCUT2D eigenvalue weighted by Gasteiger charge is 2.17. The molecule has 0 rings (SSSR count). The predicted octanol–water partition coefficient (Wildman–Crippen LogP) is 15.2. The molecule has 0 spiro atoms. The van der Waals surface area contributed by atoms with Crippen molar-refractivity contribution in [3.05, 3.63) is 85.1 Å². The van der Waals surface area contributed by atoms with Crippen LogP contribution in [0.5, 0.6) is 0 Å². The second-order valence-corrected chi connectivity index (χ2v) is 15.8. The number of unbranched alkanes of at least 4 members (excludes halogenated alkanes) is 23. The van der Waals surface area contributed by atoms with Crippen molar-refractivity contribution in [1.82, 2.24) is 5.32 Å². The van der Waals surface area contributed by atoms with Gasteiger partial charge in [-0.05, 0) is 77.0 Å². The van der Waals surface area contributed by atoms with Gasteiger partial charge in [-0.3, -0.25) is 4.79 Å². The topological polar surface area (TPSA) is 69.6 Å². The largest absolute Gasteiger partial charge is 0.394 e. The van der Waals surface area contributed by atoms with E-state index in [1.807, 2.05) is 6.08 Å². The average molecular weight is 778 g/mol. The smallest absolute Gasteiger partial charge is 0.220 e. The highest BCUT2D eigenvalue weighted by Crippen LogP contribution is 2.14. The molecular formula is C52H91NO3. The lowest BCUT2D eigenvalue weighted by atomic mass is 10.0. The van der Waals surface area contributed by atoms with Crippen LogP contribution in [0.15, 0.2) is 85.1 Å². The van der Waals surface area contributed by atoms with Crippen LogP contribution in [0.3, 0.4) is 0 Å². The van der Waals surface area contributed by atoms with Crippen LogP contribution < -0.4 is 5.32 Å². The monoisotopic (exact) mass is 778 g/mol. The second kappa shape index (κ2) is 46.9. The van der Waals surface area contributed by atoms with Crippen molar-refractivity contribution in [2.75, 3.05) is 6.61 Å². The summed E-state index contributed by atoms with van der Waals surface area (Å²) in [7, 11) is 0. The minimum Gasteiger partial charge on any atom is -0.394 e. The molecule has 0 radical (unpaired) electrons. The van der Waals surface area contributed by atoms with Crippen molar-refractivity contribution in [1.29, 1.82) is 0 Å². The maximum absolute atomic E-state index is 12.4. The van der Waals surface area contributed by atoms with Gasteiger partial charge in [0.05, 0.1) is 18.8 Å². The predicted molar refractivity (Wildman–Crippen MR) is 248 cm³/mol. The molecule has 0 fully saturated rings. The van der Waals surface area contributed by atoms with E-state index in [0.29, 0.717) is 6.42 Å². The Hall–Kier alpha value is -2.43. The van der Waals surface area contributed by atoms with Crippen molar-refractivity contribution < 1.29 is 15.0 Å². The zero-order valence-corrected chi connectivity index (χ0v) is 36.9. The highest BCUT2D eigenvalue weighted by molar-refractivity contribution is 5.76. The maximum atomic E-state index is 12.4. The number of aliphatic hydroxyl groups excluding tert-OH is 2. The van der Waals surface area contributed by atoms with Gasteiger partial charge in [0, 0.05) is 6.42 Å². The minimum absolute atomic E-state index is 0.0786. The van der Waals surface area contributed by atoms with E-state index in [1.54, 1.807) is 6.08 Å². The molecule has 0 heterocycles. The Bertz CT molecular complexity index is 1020. The molecule has 0 aromatic rings. The van der Waals surface area contributed by atoms with Gasteiger partial charge in [0.15, 0.2) is 0 Å². The quantitative estimate of drug-likeness (QED) is 0.0427. The first-order valence-corrected chi connectivity index (χ1v) is 23.8. The Morgan fingerprint density at radius 2 is 0.804 bits per heavy atom. The molecule has 4 nitrogen and oxygen atoms in total. The summed E-state index contributed by atoms with van der Waals surface area (Å²) in [5, 5.41) is 23.0. The van der Waals surface area contributed by atoms with E-state index in [0.717, 1.165) is 64.2 Å². The first-order valence-electron chi connectivity index (χ1n) is 23.8. The van der Waals surface area contributed by atoms with E-state index in [2.05, 4.69) is 92.1 Å². The molecule has 56 heavy (non-hydrogen) atoms. The van der Waals surface area contributed by atoms with Crippen molar-refractivity contribution in [3.63, 3.8) is 0 Å². The van der Waals surface area contributed by atoms with Crippen LogP contribution in [0.4, 0.5) is 0 Å². The fourth-order valence-corrected chi connectivity index (χ4v) is 6.75. The number of rotatable bonds is 42. The number of amides is 1. The first-order chi connectivity index (χ1) is 27.7. The van der Waals surface area contributed by atoms with Crippen molar-refractivity contribution in [3.8, 4) is 0 Å². The molecule has 0 aromatic heterocycles. The van der Waals surface area contributed by atoms with Gasteiger partial charge in [0.2, 0.25) is 5.91 Å². The third-order valence-corrected chi connectivity index (χ3v) is 10.4. The lowest BCUT2D eigenvalue weighted by Crippen LogP contribution is -2.45. The summed E-state index contributed by atoms with van der Waals surface area (Å²) in [5.41, 5.74) is 0. The molecule has 322 valence electrons. The lowest BCUT2D eigenvalue weighted by molar-refractivity contribution is -0.123. The summed E-state index contributed by atoms with van der Waals surface area (Å²) in [6.07, 6.45) is 68.5. The van der Waals surface area contributed by atoms with Gasteiger partial charge >= 0.3 is 0 Å². The maximum Gasteiger partial charge on any atom is 0.220 e. The van der Waals surface area contributed by atoms with Crippen LogP contribution in [0.2, 0.25) is 0 Å². The van der Waals surface area contributed by atoms with E-state index in [1.165, 1.54) is 135 Å². The summed E-state index contributed by atoms with van der Waals surface area (Å²) in [6, 6.07) is -0.643. The third-order valence-electron chi connectivity index (χ3n) is 10.4. The van der Waals surface area contributed by atoms with Crippen LogP contribution in [-0.4, -0.2) is 34.9 Å². The number of nitrogens with one attached hydrogen (secondary N) is 1. The molecule has 0 saturated carbocycles. The van der Waals surface area contributed by atoms with Crippen molar-refractivity contribution in [2.45, 2.75) is 231 Å². The van der Waals surface area contributed by atoms with Gasteiger partial charge in [0.25, 0.3) is 0 Å². The molecular weight excluding hydrogens is 687 g/mol. The van der Waals surface area contributed by atoms with Crippen LogP contribution in [-0.2, 0) is 4.79 Å². The van der Waals surface area contributed by atoms with E-state index in [-0.39, 0.29) is 12.5 Å². The molecule has 3 N–H and O–H groups in total. The van der Waals surface area contributed by atoms with Crippen molar-refractivity contribution in [2.24, 2.45) is 0 Å². The van der Waals surface area contributed by atoms with Crippen molar-refractivity contribution >= 4 is 5.91 Å². The number of allylic oxidation sites excluding steroid dienone is 13. The number of hydrogen-bond acceptors (Lipinski definition) is 3. The van der Waals surface area contributed by atoms with Gasteiger partial charge < -0.3 is 15.5 Å². The summed E-state index contributed by atoms with van der Waals surface area (Å²) in [5.74, 6) is -0.0786. The standard InChI is InChI=1S/C52H91NO3/c1-3-5-7-9-11-13-15-17-19-20-21-22-23-24-25-26-27-28-29-30-31-32-34-36-38-40-42-44-46-48-52(56)53-50(49-54)51(55)47-45-43-41-39-37-35-33-18-16-14-12-10-8-6-4-2/h5,7,11,13,17,19,21-22,24-25,37,39,45,47,50-51,54-55H,3-4,6,8-10,12,14-16,18,20,23,26-36,38,40-44,46,48-49H2,1-2H3,(H,53,56)/b7-5-,13-11-,19-17-,22-21-,25-24-,39-37+,47-45+. The molecule has 2 atom stereocenters. The molecule has 0 aromatic carbocycles. The molecule has 2 unspecified atom stereocenters. The minimum atomic E-state index is -0.866. The van der Waals surface area contributed by atoms with E-state index >= 15 is 0 Å². The molecule has 1 amide bonds.